The third kappa shape index (κ3) is 3.75. The van der Waals surface area contributed by atoms with Crippen LogP contribution >= 0.6 is 0 Å². The Bertz CT molecular complexity index is 3410. The van der Waals surface area contributed by atoms with Crippen molar-refractivity contribution in [3.8, 4) is 22.5 Å². The van der Waals surface area contributed by atoms with E-state index in [1.54, 1.807) is 0 Å². The number of hydrogen-bond donors (Lipinski definition) is 0. The van der Waals surface area contributed by atoms with Crippen LogP contribution in [-0.2, 0) is 0 Å². The van der Waals surface area contributed by atoms with Gasteiger partial charge in [0.25, 0.3) is 0 Å². The fraction of sp³-hybridized carbons (Fsp3) is 0. The van der Waals surface area contributed by atoms with Crippen molar-refractivity contribution in [2.75, 3.05) is 0 Å². The van der Waals surface area contributed by atoms with E-state index in [1.165, 1.54) is 43.6 Å². The number of benzene rings is 8. The van der Waals surface area contributed by atoms with Crippen molar-refractivity contribution in [3.63, 3.8) is 0 Å². The van der Waals surface area contributed by atoms with E-state index in [1.807, 2.05) is 12.1 Å². The Balaban J connectivity index is 1.10. The van der Waals surface area contributed by atoms with E-state index in [4.69, 9.17) is 8.83 Å². The second-order valence-corrected chi connectivity index (χ2v) is 13.7. The first kappa shape index (κ1) is 27.7. The first-order valence-corrected chi connectivity index (χ1v) is 17.7. The minimum Gasteiger partial charge on any atom is -0.456 e. The number of fused-ring (bicyclic) bond motifs is 13. The van der Waals surface area contributed by atoms with Gasteiger partial charge in [0.1, 0.15) is 22.3 Å². The SMILES string of the molecule is c1ccc(-n2c3ccccc3c3ccc4c(c5ccccc5n4-c4ccc5oc6ccc(-c7ccc8oc9ccccc9c8c7)cc6c5c4)c32)cc1. The van der Waals surface area contributed by atoms with Crippen LogP contribution in [0.15, 0.2) is 179 Å². The molecule has 4 nitrogen and oxygen atoms in total. The van der Waals surface area contributed by atoms with Gasteiger partial charge in [-0.05, 0) is 90.0 Å². The van der Waals surface area contributed by atoms with Crippen LogP contribution in [0.1, 0.15) is 0 Å². The number of para-hydroxylation sites is 4. The lowest BCUT2D eigenvalue weighted by molar-refractivity contribution is 0.668. The summed E-state index contributed by atoms with van der Waals surface area (Å²) < 4.78 is 17.4. The first-order valence-electron chi connectivity index (χ1n) is 17.7. The van der Waals surface area contributed by atoms with E-state index >= 15 is 0 Å². The topological polar surface area (TPSA) is 36.1 Å². The quantitative estimate of drug-likeness (QED) is 0.188. The molecule has 8 aromatic carbocycles. The summed E-state index contributed by atoms with van der Waals surface area (Å²) in [4.78, 5) is 0. The molecule has 242 valence electrons. The molecule has 4 aromatic heterocycles. The number of hydrogen-bond acceptors (Lipinski definition) is 2. The van der Waals surface area contributed by atoms with Crippen LogP contribution in [0.5, 0.6) is 0 Å². The maximum absolute atomic E-state index is 6.43. The zero-order chi connectivity index (χ0) is 33.9. The lowest BCUT2D eigenvalue weighted by atomic mass is 10.0. The van der Waals surface area contributed by atoms with E-state index in [2.05, 4.69) is 167 Å². The fourth-order valence-corrected chi connectivity index (χ4v) is 8.62. The number of aromatic nitrogens is 2. The van der Waals surface area contributed by atoms with Gasteiger partial charge < -0.3 is 18.0 Å². The third-order valence-corrected chi connectivity index (χ3v) is 10.9. The van der Waals surface area contributed by atoms with Gasteiger partial charge in [-0.1, -0.05) is 91.0 Å². The largest absolute Gasteiger partial charge is 0.456 e. The minimum absolute atomic E-state index is 0.875. The van der Waals surface area contributed by atoms with Crippen LogP contribution in [0.2, 0.25) is 0 Å². The lowest BCUT2D eigenvalue weighted by Crippen LogP contribution is -1.95. The van der Waals surface area contributed by atoms with Crippen molar-refractivity contribution in [2.24, 2.45) is 0 Å². The Labute approximate surface area is 296 Å². The lowest BCUT2D eigenvalue weighted by Gasteiger charge is -2.10. The number of furan rings is 2. The molecule has 0 unspecified atom stereocenters. The molecular formula is C48H28N2O2. The fourth-order valence-electron chi connectivity index (χ4n) is 8.62. The molecule has 0 bridgehead atoms. The van der Waals surface area contributed by atoms with E-state index in [-0.39, 0.29) is 0 Å². The van der Waals surface area contributed by atoms with Crippen LogP contribution in [0.3, 0.4) is 0 Å². The van der Waals surface area contributed by atoms with Crippen LogP contribution in [0.4, 0.5) is 0 Å². The summed E-state index contributed by atoms with van der Waals surface area (Å²) in [5.74, 6) is 0. The summed E-state index contributed by atoms with van der Waals surface area (Å²) >= 11 is 0. The standard InChI is InChI=1S/C48H28N2O2/c1-2-10-31(11-3-1)50-40-15-7-4-12-33(40)35-21-22-42-47(48(35)50)36-14-5-8-16-41(36)49(42)32-20-25-46-39(28-32)38-27-30(19-24-45(38)52-46)29-18-23-44-37(26-29)34-13-6-9-17-43(34)51-44/h1-28H. The first-order chi connectivity index (χ1) is 25.8. The summed E-state index contributed by atoms with van der Waals surface area (Å²) in [6.45, 7) is 0. The van der Waals surface area contributed by atoms with Gasteiger partial charge in [0.2, 0.25) is 0 Å². The van der Waals surface area contributed by atoms with Gasteiger partial charge in [0.15, 0.2) is 0 Å². The average molecular weight is 665 g/mol. The summed E-state index contributed by atoms with van der Waals surface area (Å²) in [5, 5.41) is 9.42. The van der Waals surface area contributed by atoms with E-state index < -0.39 is 0 Å². The summed E-state index contributed by atoms with van der Waals surface area (Å²) in [6.07, 6.45) is 0. The van der Waals surface area contributed by atoms with Crippen LogP contribution in [0.25, 0.3) is 110 Å². The van der Waals surface area contributed by atoms with Gasteiger partial charge in [-0.15, -0.1) is 0 Å². The molecular weight excluding hydrogens is 637 g/mol. The Morgan fingerprint density at radius 1 is 0.308 bits per heavy atom. The molecule has 52 heavy (non-hydrogen) atoms. The van der Waals surface area contributed by atoms with Crippen molar-refractivity contribution in [1.29, 1.82) is 0 Å². The Kier molecular flexibility index (Phi) is 5.47. The van der Waals surface area contributed by atoms with E-state index in [0.29, 0.717) is 0 Å². The summed E-state index contributed by atoms with van der Waals surface area (Å²) in [5.41, 5.74) is 12.9. The highest BCUT2D eigenvalue weighted by molar-refractivity contribution is 6.26. The Hall–Kier alpha value is -7.04. The Morgan fingerprint density at radius 3 is 1.62 bits per heavy atom. The number of nitrogens with zero attached hydrogens (tertiary/aromatic N) is 2. The van der Waals surface area contributed by atoms with Gasteiger partial charge in [-0.2, -0.15) is 0 Å². The normalized spacial score (nSPS) is 12.2. The van der Waals surface area contributed by atoms with Gasteiger partial charge in [0, 0.05) is 54.5 Å². The van der Waals surface area contributed by atoms with E-state index in [9.17, 15) is 0 Å². The molecule has 0 aliphatic carbocycles. The molecule has 0 fully saturated rings. The van der Waals surface area contributed by atoms with Crippen molar-refractivity contribution in [3.05, 3.63) is 170 Å². The van der Waals surface area contributed by atoms with Crippen LogP contribution < -0.4 is 0 Å². The van der Waals surface area contributed by atoms with Crippen LogP contribution in [0, 0.1) is 0 Å². The molecule has 0 radical (unpaired) electrons. The van der Waals surface area contributed by atoms with Crippen molar-refractivity contribution in [2.45, 2.75) is 0 Å². The molecule has 12 rings (SSSR count). The van der Waals surface area contributed by atoms with E-state index in [0.717, 1.165) is 66.4 Å². The zero-order valence-corrected chi connectivity index (χ0v) is 27.9. The predicted octanol–water partition coefficient (Wildman–Crippen LogP) is 13.3. The molecule has 0 aliphatic rings. The highest BCUT2D eigenvalue weighted by Gasteiger charge is 2.21. The smallest absolute Gasteiger partial charge is 0.135 e. The van der Waals surface area contributed by atoms with Crippen LogP contribution in [-0.4, -0.2) is 9.13 Å². The Morgan fingerprint density at radius 2 is 0.865 bits per heavy atom. The molecule has 4 heterocycles. The van der Waals surface area contributed by atoms with Gasteiger partial charge in [-0.3, -0.25) is 0 Å². The summed E-state index contributed by atoms with van der Waals surface area (Å²) in [6, 6.07) is 60.7. The molecule has 0 spiro atoms. The molecule has 0 aliphatic heterocycles. The second kappa shape index (κ2) is 10.3. The molecule has 0 N–H and O–H groups in total. The van der Waals surface area contributed by atoms with Gasteiger partial charge in [0.05, 0.1) is 22.1 Å². The van der Waals surface area contributed by atoms with Crippen molar-refractivity contribution in [1.82, 2.24) is 9.13 Å². The number of rotatable bonds is 3. The predicted molar refractivity (Wildman–Crippen MR) is 215 cm³/mol. The third-order valence-electron chi connectivity index (χ3n) is 10.9. The highest BCUT2D eigenvalue weighted by atomic mass is 16.3. The maximum atomic E-state index is 6.43. The molecule has 0 amide bonds. The molecule has 4 heteroatoms. The maximum Gasteiger partial charge on any atom is 0.135 e. The van der Waals surface area contributed by atoms with Crippen molar-refractivity contribution >= 4 is 87.5 Å². The molecule has 0 saturated heterocycles. The zero-order valence-electron chi connectivity index (χ0n) is 27.9. The average Bonchev–Trinajstić information content (AvgIpc) is 3.95. The van der Waals surface area contributed by atoms with Crippen molar-refractivity contribution < 1.29 is 8.83 Å². The van der Waals surface area contributed by atoms with Gasteiger partial charge >= 0.3 is 0 Å². The molecule has 12 aromatic rings. The molecule has 0 atom stereocenters. The summed E-state index contributed by atoms with van der Waals surface area (Å²) in [7, 11) is 0. The monoisotopic (exact) mass is 664 g/mol. The van der Waals surface area contributed by atoms with Gasteiger partial charge in [-0.25, -0.2) is 0 Å². The molecule has 0 saturated carbocycles. The second-order valence-electron chi connectivity index (χ2n) is 13.7. The highest BCUT2D eigenvalue weighted by Crippen LogP contribution is 2.43. The minimum atomic E-state index is 0.875.